The maximum atomic E-state index is 13.9. The molecule has 0 unspecified atom stereocenters. The van der Waals surface area contributed by atoms with Gasteiger partial charge in [0.15, 0.2) is 5.82 Å². The smallest absolute Gasteiger partial charge is 0.162 e. The standard InChI is InChI=1S/C17H21FN4/c1-11-16(22-9-7-13(19)8-10-22)12(2)21-17(20-11)14-5-3-4-6-15(14)18/h3-6,13H,7-10,19H2,1-2H3. The number of aromatic nitrogens is 2. The molecule has 2 aromatic rings. The van der Waals surface area contributed by atoms with E-state index in [-0.39, 0.29) is 11.9 Å². The molecular formula is C17H21FN4. The zero-order valence-electron chi connectivity index (χ0n) is 13.0. The lowest BCUT2D eigenvalue weighted by Crippen LogP contribution is -2.40. The quantitative estimate of drug-likeness (QED) is 0.926. The normalized spacial score (nSPS) is 16.1. The van der Waals surface area contributed by atoms with Crippen LogP contribution in [0.2, 0.25) is 0 Å². The van der Waals surface area contributed by atoms with Crippen LogP contribution in [0.1, 0.15) is 24.2 Å². The summed E-state index contributed by atoms with van der Waals surface area (Å²) in [7, 11) is 0. The van der Waals surface area contributed by atoms with Crippen LogP contribution in [0.3, 0.4) is 0 Å². The summed E-state index contributed by atoms with van der Waals surface area (Å²) in [6.07, 6.45) is 1.96. The molecular weight excluding hydrogens is 279 g/mol. The van der Waals surface area contributed by atoms with Crippen LogP contribution in [0.25, 0.3) is 11.4 Å². The molecule has 1 fully saturated rings. The second kappa shape index (κ2) is 6.01. The number of benzene rings is 1. The van der Waals surface area contributed by atoms with E-state index < -0.39 is 0 Å². The Bertz CT molecular complexity index is 655. The fourth-order valence-corrected chi connectivity index (χ4v) is 3.05. The molecule has 0 bridgehead atoms. The minimum Gasteiger partial charge on any atom is -0.368 e. The third kappa shape index (κ3) is 2.81. The third-order valence-electron chi connectivity index (χ3n) is 4.20. The molecule has 0 atom stereocenters. The fraction of sp³-hybridized carbons (Fsp3) is 0.412. The van der Waals surface area contributed by atoms with Crippen LogP contribution >= 0.6 is 0 Å². The lowest BCUT2D eigenvalue weighted by molar-refractivity contribution is 0.499. The molecule has 1 aliphatic rings. The molecule has 0 saturated carbocycles. The molecule has 1 saturated heterocycles. The largest absolute Gasteiger partial charge is 0.368 e. The van der Waals surface area contributed by atoms with Crippen LogP contribution in [0, 0.1) is 19.7 Å². The Hall–Kier alpha value is -2.01. The molecule has 5 heteroatoms. The Morgan fingerprint density at radius 1 is 1.09 bits per heavy atom. The maximum absolute atomic E-state index is 13.9. The van der Waals surface area contributed by atoms with Gasteiger partial charge in [-0.05, 0) is 38.8 Å². The van der Waals surface area contributed by atoms with Crippen molar-refractivity contribution in [3.63, 3.8) is 0 Å². The number of piperidine rings is 1. The van der Waals surface area contributed by atoms with Crippen molar-refractivity contribution in [1.29, 1.82) is 0 Å². The Balaban J connectivity index is 1.97. The minimum atomic E-state index is -0.294. The van der Waals surface area contributed by atoms with Crippen LogP contribution in [-0.2, 0) is 0 Å². The minimum absolute atomic E-state index is 0.287. The summed E-state index contributed by atoms with van der Waals surface area (Å²) in [6.45, 7) is 5.77. The van der Waals surface area contributed by atoms with Gasteiger partial charge in [0.25, 0.3) is 0 Å². The lowest BCUT2D eigenvalue weighted by Gasteiger charge is -2.33. The van der Waals surface area contributed by atoms with E-state index in [9.17, 15) is 4.39 Å². The summed E-state index contributed by atoms with van der Waals surface area (Å²) < 4.78 is 13.9. The highest BCUT2D eigenvalue weighted by molar-refractivity contribution is 5.62. The van der Waals surface area contributed by atoms with E-state index in [1.54, 1.807) is 18.2 Å². The van der Waals surface area contributed by atoms with E-state index in [4.69, 9.17) is 5.73 Å². The number of rotatable bonds is 2. The van der Waals surface area contributed by atoms with Crippen molar-refractivity contribution >= 4 is 5.69 Å². The van der Waals surface area contributed by atoms with Gasteiger partial charge in [0.1, 0.15) is 5.82 Å². The van der Waals surface area contributed by atoms with Gasteiger partial charge in [0, 0.05) is 19.1 Å². The van der Waals surface area contributed by atoms with Gasteiger partial charge in [0.05, 0.1) is 22.6 Å². The Labute approximate surface area is 130 Å². The van der Waals surface area contributed by atoms with E-state index in [2.05, 4.69) is 14.9 Å². The topological polar surface area (TPSA) is 55.0 Å². The number of anilines is 1. The molecule has 2 N–H and O–H groups in total. The van der Waals surface area contributed by atoms with Crippen molar-refractivity contribution in [2.75, 3.05) is 18.0 Å². The van der Waals surface area contributed by atoms with Gasteiger partial charge in [0.2, 0.25) is 0 Å². The van der Waals surface area contributed by atoms with Crippen molar-refractivity contribution in [3.05, 3.63) is 41.5 Å². The van der Waals surface area contributed by atoms with Crippen LogP contribution < -0.4 is 10.6 Å². The Morgan fingerprint density at radius 2 is 1.68 bits per heavy atom. The van der Waals surface area contributed by atoms with Crippen molar-refractivity contribution < 1.29 is 4.39 Å². The first-order valence-electron chi connectivity index (χ1n) is 7.67. The van der Waals surface area contributed by atoms with Crippen LogP contribution in [0.4, 0.5) is 10.1 Å². The second-order valence-corrected chi connectivity index (χ2v) is 5.87. The van der Waals surface area contributed by atoms with Gasteiger partial charge >= 0.3 is 0 Å². The number of nitrogens with zero attached hydrogens (tertiary/aromatic N) is 3. The molecule has 116 valence electrons. The Kier molecular flexibility index (Phi) is 4.07. The Morgan fingerprint density at radius 3 is 2.27 bits per heavy atom. The first-order chi connectivity index (χ1) is 10.6. The molecule has 0 amide bonds. The van der Waals surface area contributed by atoms with E-state index in [0.29, 0.717) is 11.4 Å². The third-order valence-corrected chi connectivity index (χ3v) is 4.20. The number of aryl methyl sites for hydroxylation is 2. The van der Waals surface area contributed by atoms with Crippen molar-refractivity contribution in [2.45, 2.75) is 32.7 Å². The molecule has 1 aromatic carbocycles. The molecule has 3 rings (SSSR count). The number of hydrogen-bond donors (Lipinski definition) is 1. The molecule has 2 heterocycles. The predicted molar refractivity (Wildman–Crippen MR) is 86.3 cm³/mol. The average Bonchev–Trinajstić information content (AvgIpc) is 2.49. The van der Waals surface area contributed by atoms with Crippen LogP contribution in [-0.4, -0.2) is 29.1 Å². The summed E-state index contributed by atoms with van der Waals surface area (Å²) in [6, 6.07) is 6.90. The first kappa shape index (κ1) is 14.9. The molecule has 4 nitrogen and oxygen atoms in total. The van der Waals surface area contributed by atoms with E-state index >= 15 is 0 Å². The SMILES string of the molecule is Cc1nc(-c2ccccc2F)nc(C)c1N1CCC(N)CC1. The van der Waals surface area contributed by atoms with Gasteiger partial charge in [-0.25, -0.2) is 14.4 Å². The summed E-state index contributed by atoms with van der Waals surface area (Å²) in [5, 5.41) is 0. The summed E-state index contributed by atoms with van der Waals surface area (Å²) in [4.78, 5) is 11.4. The number of halogens is 1. The predicted octanol–water partition coefficient (Wildman–Crippen LogP) is 2.83. The van der Waals surface area contributed by atoms with Crippen LogP contribution in [0.15, 0.2) is 24.3 Å². The maximum Gasteiger partial charge on any atom is 0.162 e. The van der Waals surface area contributed by atoms with Gasteiger partial charge in [-0.2, -0.15) is 0 Å². The van der Waals surface area contributed by atoms with Gasteiger partial charge in [-0.3, -0.25) is 0 Å². The van der Waals surface area contributed by atoms with Gasteiger partial charge in [-0.15, -0.1) is 0 Å². The highest BCUT2D eigenvalue weighted by atomic mass is 19.1. The zero-order valence-corrected chi connectivity index (χ0v) is 13.0. The molecule has 1 aliphatic heterocycles. The lowest BCUT2D eigenvalue weighted by atomic mass is 10.0. The van der Waals surface area contributed by atoms with E-state index in [0.717, 1.165) is 43.0 Å². The van der Waals surface area contributed by atoms with Crippen molar-refractivity contribution in [3.8, 4) is 11.4 Å². The average molecular weight is 300 g/mol. The van der Waals surface area contributed by atoms with Gasteiger partial charge in [-0.1, -0.05) is 12.1 Å². The number of hydrogen-bond acceptors (Lipinski definition) is 4. The summed E-state index contributed by atoms with van der Waals surface area (Å²) in [5.41, 5.74) is 9.26. The monoisotopic (exact) mass is 300 g/mol. The summed E-state index contributed by atoms with van der Waals surface area (Å²) >= 11 is 0. The molecule has 1 aromatic heterocycles. The van der Waals surface area contributed by atoms with Gasteiger partial charge < -0.3 is 10.6 Å². The summed E-state index contributed by atoms with van der Waals surface area (Å²) in [5.74, 6) is 0.156. The zero-order chi connectivity index (χ0) is 15.7. The molecule has 0 spiro atoms. The highest BCUT2D eigenvalue weighted by Gasteiger charge is 2.21. The highest BCUT2D eigenvalue weighted by Crippen LogP contribution is 2.28. The first-order valence-corrected chi connectivity index (χ1v) is 7.67. The second-order valence-electron chi connectivity index (χ2n) is 5.87. The van der Waals surface area contributed by atoms with Crippen LogP contribution in [0.5, 0.6) is 0 Å². The van der Waals surface area contributed by atoms with E-state index in [1.807, 2.05) is 13.8 Å². The fourth-order valence-electron chi connectivity index (χ4n) is 3.05. The van der Waals surface area contributed by atoms with Crippen molar-refractivity contribution in [1.82, 2.24) is 9.97 Å². The molecule has 0 aliphatic carbocycles. The van der Waals surface area contributed by atoms with Crippen molar-refractivity contribution in [2.24, 2.45) is 5.73 Å². The molecule has 0 radical (unpaired) electrons. The number of nitrogens with two attached hydrogens (primary N) is 1. The molecule has 22 heavy (non-hydrogen) atoms. The van der Waals surface area contributed by atoms with E-state index in [1.165, 1.54) is 6.07 Å².